The molecule has 1 aliphatic heterocycles. The van der Waals surface area contributed by atoms with Crippen LogP contribution in [0.4, 0.5) is 0 Å². The molecular weight excluding hydrogens is 264 g/mol. The Bertz CT molecular complexity index is 393. The monoisotopic (exact) mass is 290 g/mol. The topological polar surface area (TPSA) is 80.5 Å². The Morgan fingerprint density at radius 3 is 2.63 bits per heavy atom. The van der Waals surface area contributed by atoms with Crippen LogP contribution in [0.25, 0.3) is 0 Å². The van der Waals surface area contributed by atoms with E-state index in [0.29, 0.717) is 25.8 Å². The van der Waals surface area contributed by atoms with Crippen LogP contribution in [0.15, 0.2) is 0 Å². The molecule has 0 saturated carbocycles. The number of carbonyl (C=O) groups excluding carboxylic acids is 1. The van der Waals surface area contributed by atoms with Gasteiger partial charge in [-0.25, -0.2) is 8.42 Å². The smallest absolute Gasteiger partial charge is 0.222 e. The fourth-order valence-electron chi connectivity index (χ4n) is 2.36. The maximum Gasteiger partial charge on any atom is 0.222 e. The number of sulfone groups is 1. The summed E-state index contributed by atoms with van der Waals surface area (Å²) in [4.78, 5) is 14.0. The number of carbonyl (C=O) groups is 1. The van der Waals surface area contributed by atoms with E-state index >= 15 is 0 Å². The second-order valence-electron chi connectivity index (χ2n) is 5.51. The Hall–Kier alpha value is -0.620. The van der Waals surface area contributed by atoms with Gasteiger partial charge in [-0.15, -0.1) is 0 Å². The van der Waals surface area contributed by atoms with Gasteiger partial charge in [0.2, 0.25) is 5.91 Å². The van der Waals surface area contributed by atoms with Crippen molar-refractivity contribution in [3.63, 3.8) is 0 Å². The largest absolute Gasteiger partial charge is 0.339 e. The summed E-state index contributed by atoms with van der Waals surface area (Å²) >= 11 is 0. The first-order chi connectivity index (χ1) is 8.85. The van der Waals surface area contributed by atoms with Crippen LogP contribution < -0.4 is 5.73 Å². The van der Waals surface area contributed by atoms with Gasteiger partial charge in [0.25, 0.3) is 0 Å². The second kappa shape index (κ2) is 7.24. The van der Waals surface area contributed by atoms with Crippen molar-refractivity contribution in [1.29, 1.82) is 0 Å². The van der Waals surface area contributed by atoms with Crippen LogP contribution in [-0.2, 0) is 14.6 Å². The fourth-order valence-corrected chi connectivity index (χ4v) is 4.09. The summed E-state index contributed by atoms with van der Waals surface area (Å²) in [6.07, 6.45) is 3.56. The van der Waals surface area contributed by atoms with Crippen molar-refractivity contribution >= 4 is 15.7 Å². The van der Waals surface area contributed by atoms with Gasteiger partial charge < -0.3 is 10.6 Å². The predicted octanol–water partition coefficient (Wildman–Crippen LogP) is 0.930. The highest BCUT2D eigenvalue weighted by atomic mass is 32.2. The maximum absolute atomic E-state index is 12.2. The molecule has 5 nitrogen and oxygen atoms in total. The Balaban J connectivity index is 2.63. The van der Waals surface area contributed by atoms with Crippen LogP contribution in [0.2, 0.25) is 0 Å². The summed E-state index contributed by atoms with van der Waals surface area (Å²) in [5, 5.41) is 0. The summed E-state index contributed by atoms with van der Waals surface area (Å²) in [6, 6.07) is -0.124. The number of amides is 1. The molecule has 0 bridgehead atoms. The minimum Gasteiger partial charge on any atom is -0.339 e. The van der Waals surface area contributed by atoms with E-state index in [1.54, 1.807) is 4.90 Å². The van der Waals surface area contributed by atoms with E-state index in [1.807, 2.05) is 6.92 Å². The molecule has 1 rings (SSSR count). The molecule has 1 fully saturated rings. The molecule has 0 aliphatic carbocycles. The first-order valence-corrected chi connectivity index (χ1v) is 8.93. The Kier molecular flexibility index (Phi) is 6.26. The molecule has 2 unspecified atom stereocenters. The van der Waals surface area contributed by atoms with E-state index in [2.05, 4.69) is 6.92 Å². The SMILES string of the molecule is CCCCN(C(=O)CCC(C)N)C1CCS(=O)(=O)C1. The average molecular weight is 290 g/mol. The molecule has 19 heavy (non-hydrogen) atoms. The first kappa shape index (κ1) is 16.4. The van der Waals surface area contributed by atoms with Gasteiger partial charge in [-0.2, -0.15) is 0 Å². The first-order valence-electron chi connectivity index (χ1n) is 7.11. The van der Waals surface area contributed by atoms with E-state index < -0.39 is 9.84 Å². The van der Waals surface area contributed by atoms with Crippen molar-refractivity contribution in [2.45, 2.75) is 58.0 Å². The van der Waals surface area contributed by atoms with Crippen LogP contribution in [0.1, 0.15) is 46.0 Å². The highest BCUT2D eigenvalue weighted by Gasteiger charge is 2.34. The molecule has 0 aromatic carbocycles. The molecule has 6 heteroatoms. The zero-order chi connectivity index (χ0) is 14.5. The van der Waals surface area contributed by atoms with E-state index in [1.165, 1.54) is 0 Å². The van der Waals surface area contributed by atoms with Crippen LogP contribution in [0, 0.1) is 0 Å². The van der Waals surface area contributed by atoms with E-state index in [-0.39, 0.29) is 29.5 Å². The lowest BCUT2D eigenvalue weighted by Gasteiger charge is -2.28. The van der Waals surface area contributed by atoms with Crippen molar-refractivity contribution in [2.24, 2.45) is 5.73 Å². The molecule has 0 radical (unpaired) electrons. The summed E-state index contributed by atoms with van der Waals surface area (Å²) in [7, 11) is -2.95. The Morgan fingerprint density at radius 2 is 2.16 bits per heavy atom. The second-order valence-corrected chi connectivity index (χ2v) is 7.74. The molecule has 0 aromatic rings. The molecule has 2 atom stereocenters. The average Bonchev–Trinajstić information content (AvgIpc) is 2.67. The van der Waals surface area contributed by atoms with Crippen LogP contribution in [0.3, 0.4) is 0 Å². The van der Waals surface area contributed by atoms with Crippen LogP contribution in [-0.4, -0.2) is 49.4 Å². The van der Waals surface area contributed by atoms with Crippen molar-refractivity contribution < 1.29 is 13.2 Å². The minimum atomic E-state index is -2.95. The van der Waals surface area contributed by atoms with Gasteiger partial charge in [0.15, 0.2) is 9.84 Å². The summed E-state index contributed by atoms with van der Waals surface area (Å²) < 4.78 is 23.1. The fraction of sp³-hybridized carbons (Fsp3) is 0.923. The van der Waals surface area contributed by atoms with Gasteiger partial charge in [0.05, 0.1) is 11.5 Å². The van der Waals surface area contributed by atoms with Gasteiger partial charge in [0.1, 0.15) is 0 Å². The predicted molar refractivity (Wildman–Crippen MR) is 76.6 cm³/mol. The molecule has 112 valence electrons. The number of hydrogen-bond acceptors (Lipinski definition) is 4. The van der Waals surface area contributed by atoms with Crippen LogP contribution in [0.5, 0.6) is 0 Å². The number of rotatable bonds is 7. The molecule has 0 aromatic heterocycles. The third kappa shape index (κ3) is 5.48. The number of hydrogen-bond donors (Lipinski definition) is 1. The van der Waals surface area contributed by atoms with Gasteiger partial charge >= 0.3 is 0 Å². The molecule has 1 aliphatic rings. The zero-order valence-electron chi connectivity index (χ0n) is 12.0. The van der Waals surface area contributed by atoms with Gasteiger partial charge in [-0.3, -0.25) is 4.79 Å². The van der Waals surface area contributed by atoms with Crippen molar-refractivity contribution in [3.8, 4) is 0 Å². The van der Waals surface area contributed by atoms with Gasteiger partial charge in [0, 0.05) is 25.0 Å². The lowest BCUT2D eigenvalue weighted by molar-refractivity contribution is -0.133. The Morgan fingerprint density at radius 1 is 1.47 bits per heavy atom. The molecular formula is C13H26N2O3S. The Labute approximate surface area is 116 Å². The lowest BCUT2D eigenvalue weighted by Crippen LogP contribution is -2.42. The highest BCUT2D eigenvalue weighted by molar-refractivity contribution is 7.91. The number of nitrogens with two attached hydrogens (primary N) is 1. The van der Waals surface area contributed by atoms with Crippen molar-refractivity contribution in [3.05, 3.63) is 0 Å². The summed E-state index contributed by atoms with van der Waals surface area (Å²) in [6.45, 7) is 4.61. The summed E-state index contributed by atoms with van der Waals surface area (Å²) in [5.41, 5.74) is 5.67. The van der Waals surface area contributed by atoms with Crippen molar-refractivity contribution in [1.82, 2.24) is 4.90 Å². The summed E-state index contributed by atoms with van der Waals surface area (Å²) in [5.74, 6) is 0.384. The van der Waals surface area contributed by atoms with Gasteiger partial charge in [-0.1, -0.05) is 13.3 Å². The minimum absolute atomic E-state index is 0.00397. The van der Waals surface area contributed by atoms with Gasteiger partial charge in [-0.05, 0) is 26.2 Å². The van der Waals surface area contributed by atoms with E-state index in [0.717, 1.165) is 12.8 Å². The number of nitrogens with zero attached hydrogens (tertiary/aromatic N) is 1. The third-order valence-corrected chi connectivity index (χ3v) is 5.29. The van der Waals surface area contributed by atoms with E-state index in [4.69, 9.17) is 5.73 Å². The molecule has 1 amide bonds. The van der Waals surface area contributed by atoms with Crippen molar-refractivity contribution in [2.75, 3.05) is 18.1 Å². The molecule has 2 N–H and O–H groups in total. The molecule has 0 spiro atoms. The molecule has 1 saturated heterocycles. The van der Waals surface area contributed by atoms with Crippen LogP contribution >= 0.6 is 0 Å². The maximum atomic E-state index is 12.2. The third-order valence-electron chi connectivity index (χ3n) is 3.54. The quantitative estimate of drug-likeness (QED) is 0.756. The normalized spacial score (nSPS) is 23.2. The number of unbranched alkanes of at least 4 members (excludes halogenated alkanes) is 1. The molecule has 1 heterocycles. The highest BCUT2D eigenvalue weighted by Crippen LogP contribution is 2.19. The zero-order valence-corrected chi connectivity index (χ0v) is 12.8. The van der Waals surface area contributed by atoms with E-state index in [9.17, 15) is 13.2 Å². The standard InChI is InChI=1S/C13H26N2O3S/c1-3-4-8-15(13(16)6-5-11(2)14)12-7-9-19(17,18)10-12/h11-12H,3-10,14H2,1-2H3. The lowest BCUT2D eigenvalue weighted by atomic mass is 10.1.